The summed E-state index contributed by atoms with van der Waals surface area (Å²) in [5, 5.41) is 17.2. The van der Waals surface area contributed by atoms with Crippen LogP contribution in [0, 0.1) is 22.9 Å². The van der Waals surface area contributed by atoms with E-state index in [0.717, 1.165) is 11.1 Å². The Kier molecular flexibility index (Phi) is 5.60. The van der Waals surface area contributed by atoms with Gasteiger partial charge >= 0.3 is 5.69 Å². The Morgan fingerprint density at radius 3 is 2.52 bits per heavy atom. The van der Waals surface area contributed by atoms with Crippen LogP contribution in [0.15, 0.2) is 53.3 Å². The minimum Gasteiger partial charge on any atom is -0.360 e. The number of hydrogen-bond donors (Lipinski definition) is 2. The van der Waals surface area contributed by atoms with Gasteiger partial charge in [-0.3, -0.25) is 10.1 Å². The standard InChI is InChI=1S/C18H15BrFN5O2/c1-11-2-4-12(5-3-11)9-21-17-16(25(26)27)18(23-10-22-17)24-15-7-6-13(19)8-14(15)20/h2-8,10H,9H2,1H3,(H2,21,22,23,24). The molecule has 0 fully saturated rings. The first kappa shape index (κ1) is 18.7. The molecule has 1 heterocycles. The topological polar surface area (TPSA) is 93.0 Å². The van der Waals surface area contributed by atoms with Gasteiger partial charge in [-0.15, -0.1) is 0 Å². The van der Waals surface area contributed by atoms with E-state index in [-0.39, 0.29) is 23.0 Å². The third-order valence-corrected chi connectivity index (χ3v) is 4.26. The molecule has 27 heavy (non-hydrogen) atoms. The molecule has 138 valence electrons. The first-order valence-electron chi connectivity index (χ1n) is 7.95. The predicted molar refractivity (Wildman–Crippen MR) is 105 cm³/mol. The van der Waals surface area contributed by atoms with Crippen molar-refractivity contribution in [2.45, 2.75) is 13.5 Å². The Morgan fingerprint density at radius 1 is 1.15 bits per heavy atom. The molecule has 0 radical (unpaired) electrons. The maximum atomic E-state index is 14.1. The van der Waals surface area contributed by atoms with Crippen molar-refractivity contribution in [2.75, 3.05) is 10.6 Å². The van der Waals surface area contributed by atoms with E-state index in [0.29, 0.717) is 11.0 Å². The fourth-order valence-corrected chi connectivity index (χ4v) is 2.72. The van der Waals surface area contributed by atoms with Gasteiger partial charge in [0.05, 0.1) is 10.6 Å². The molecule has 2 aromatic carbocycles. The number of nitro groups is 1. The van der Waals surface area contributed by atoms with Crippen LogP contribution in [-0.4, -0.2) is 14.9 Å². The van der Waals surface area contributed by atoms with E-state index < -0.39 is 10.7 Å². The third kappa shape index (κ3) is 4.56. The summed E-state index contributed by atoms with van der Waals surface area (Å²) in [6.45, 7) is 2.33. The highest BCUT2D eigenvalue weighted by atomic mass is 79.9. The van der Waals surface area contributed by atoms with Crippen molar-refractivity contribution in [1.29, 1.82) is 0 Å². The van der Waals surface area contributed by atoms with Gasteiger partial charge in [0.2, 0.25) is 11.6 Å². The highest BCUT2D eigenvalue weighted by Gasteiger charge is 2.23. The van der Waals surface area contributed by atoms with Crippen LogP contribution in [0.5, 0.6) is 0 Å². The fourth-order valence-electron chi connectivity index (χ4n) is 2.38. The van der Waals surface area contributed by atoms with E-state index in [4.69, 9.17) is 0 Å². The summed E-state index contributed by atoms with van der Waals surface area (Å²) in [6, 6.07) is 12.1. The monoisotopic (exact) mass is 431 g/mol. The molecule has 0 aliphatic rings. The van der Waals surface area contributed by atoms with Crippen LogP contribution in [-0.2, 0) is 6.54 Å². The molecule has 0 amide bonds. The number of benzene rings is 2. The number of hydrogen-bond acceptors (Lipinski definition) is 6. The normalized spacial score (nSPS) is 10.5. The van der Waals surface area contributed by atoms with Gasteiger partial charge in [0.15, 0.2) is 0 Å². The summed E-state index contributed by atoms with van der Waals surface area (Å²) >= 11 is 3.17. The highest BCUT2D eigenvalue weighted by Crippen LogP contribution is 2.32. The average molecular weight is 432 g/mol. The molecule has 0 atom stereocenters. The van der Waals surface area contributed by atoms with Gasteiger partial charge in [0.1, 0.15) is 12.1 Å². The summed E-state index contributed by atoms with van der Waals surface area (Å²) in [7, 11) is 0. The second-order valence-electron chi connectivity index (χ2n) is 5.76. The molecular weight excluding hydrogens is 417 g/mol. The highest BCUT2D eigenvalue weighted by molar-refractivity contribution is 9.10. The maximum Gasteiger partial charge on any atom is 0.353 e. The predicted octanol–water partition coefficient (Wildman–Crippen LogP) is 4.95. The molecule has 0 bridgehead atoms. The minimum absolute atomic E-state index is 0.0515. The van der Waals surface area contributed by atoms with Gasteiger partial charge in [-0.1, -0.05) is 45.8 Å². The molecule has 0 saturated carbocycles. The van der Waals surface area contributed by atoms with Gasteiger partial charge in [-0.2, -0.15) is 0 Å². The van der Waals surface area contributed by atoms with Crippen LogP contribution >= 0.6 is 15.9 Å². The number of nitrogens with zero attached hydrogens (tertiary/aromatic N) is 3. The number of anilines is 3. The lowest BCUT2D eigenvalue weighted by atomic mass is 10.1. The molecule has 0 aliphatic carbocycles. The van der Waals surface area contributed by atoms with E-state index in [1.165, 1.54) is 18.5 Å². The van der Waals surface area contributed by atoms with Crippen LogP contribution in [0.3, 0.4) is 0 Å². The molecule has 2 N–H and O–H groups in total. The van der Waals surface area contributed by atoms with Gasteiger partial charge in [-0.25, -0.2) is 14.4 Å². The summed E-state index contributed by atoms with van der Waals surface area (Å²) in [5.74, 6) is -0.607. The van der Waals surface area contributed by atoms with Gasteiger partial charge < -0.3 is 10.6 Å². The summed E-state index contributed by atoms with van der Waals surface area (Å²) in [4.78, 5) is 18.8. The van der Waals surface area contributed by atoms with Crippen LogP contribution in [0.1, 0.15) is 11.1 Å². The van der Waals surface area contributed by atoms with Gasteiger partial charge in [0, 0.05) is 11.0 Å². The van der Waals surface area contributed by atoms with Crippen molar-refractivity contribution in [1.82, 2.24) is 9.97 Å². The largest absolute Gasteiger partial charge is 0.360 e. The summed E-state index contributed by atoms with van der Waals surface area (Å²) in [5.41, 5.74) is 1.79. The molecule has 9 heteroatoms. The van der Waals surface area contributed by atoms with E-state index in [2.05, 4.69) is 36.5 Å². The smallest absolute Gasteiger partial charge is 0.353 e. The lowest BCUT2D eigenvalue weighted by Crippen LogP contribution is -2.08. The Labute approximate surface area is 163 Å². The van der Waals surface area contributed by atoms with Crippen molar-refractivity contribution >= 4 is 38.9 Å². The molecule has 1 aromatic heterocycles. The van der Waals surface area contributed by atoms with Gasteiger partial charge in [-0.05, 0) is 30.7 Å². The van der Waals surface area contributed by atoms with Crippen molar-refractivity contribution in [3.63, 3.8) is 0 Å². The molecule has 3 aromatic rings. The molecule has 7 nitrogen and oxygen atoms in total. The Hall–Kier alpha value is -3.07. The third-order valence-electron chi connectivity index (χ3n) is 3.77. The van der Waals surface area contributed by atoms with E-state index in [9.17, 15) is 14.5 Å². The number of nitrogens with one attached hydrogen (secondary N) is 2. The second-order valence-corrected chi connectivity index (χ2v) is 6.68. The van der Waals surface area contributed by atoms with Gasteiger partial charge in [0.25, 0.3) is 0 Å². The maximum absolute atomic E-state index is 14.1. The summed E-state index contributed by atoms with van der Waals surface area (Å²) in [6.07, 6.45) is 1.18. The number of aryl methyl sites for hydroxylation is 1. The summed E-state index contributed by atoms with van der Waals surface area (Å²) < 4.78 is 14.6. The zero-order chi connectivity index (χ0) is 19.4. The van der Waals surface area contributed by atoms with Crippen molar-refractivity contribution in [3.8, 4) is 0 Å². The van der Waals surface area contributed by atoms with Crippen LogP contribution in [0.4, 0.5) is 27.4 Å². The number of rotatable bonds is 6. The molecule has 0 aliphatic heterocycles. The molecule has 0 unspecified atom stereocenters. The first-order chi connectivity index (χ1) is 12.9. The van der Waals surface area contributed by atoms with Crippen LogP contribution in [0.2, 0.25) is 0 Å². The second kappa shape index (κ2) is 8.09. The van der Waals surface area contributed by atoms with Crippen molar-refractivity contribution < 1.29 is 9.31 Å². The van der Waals surface area contributed by atoms with Crippen molar-refractivity contribution in [2.24, 2.45) is 0 Å². The first-order valence-corrected chi connectivity index (χ1v) is 8.74. The Balaban J connectivity index is 1.87. The van der Waals surface area contributed by atoms with Crippen molar-refractivity contribution in [3.05, 3.63) is 80.3 Å². The Bertz CT molecular complexity index is 982. The lowest BCUT2D eigenvalue weighted by Gasteiger charge is -2.11. The van der Waals surface area contributed by atoms with E-state index >= 15 is 0 Å². The molecule has 0 spiro atoms. The van der Waals surface area contributed by atoms with E-state index in [1.54, 1.807) is 6.07 Å². The van der Waals surface area contributed by atoms with Crippen LogP contribution < -0.4 is 10.6 Å². The zero-order valence-electron chi connectivity index (χ0n) is 14.2. The van der Waals surface area contributed by atoms with Crippen LogP contribution in [0.25, 0.3) is 0 Å². The lowest BCUT2D eigenvalue weighted by molar-refractivity contribution is -0.383. The zero-order valence-corrected chi connectivity index (χ0v) is 15.8. The average Bonchev–Trinajstić information content (AvgIpc) is 2.63. The quantitative estimate of drug-likeness (QED) is 0.423. The fraction of sp³-hybridized carbons (Fsp3) is 0.111. The minimum atomic E-state index is -0.601. The molecular formula is C18H15BrFN5O2. The Morgan fingerprint density at radius 2 is 1.85 bits per heavy atom. The number of halogens is 2. The SMILES string of the molecule is Cc1ccc(CNc2ncnc(Nc3ccc(Br)cc3F)c2[N+](=O)[O-])cc1. The molecule has 0 saturated heterocycles. The van der Waals surface area contributed by atoms with E-state index in [1.807, 2.05) is 31.2 Å². The number of aromatic nitrogens is 2. The molecule has 3 rings (SSSR count).